The van der Waals surface area contributed by atoms with Gasteiger partial charge in [0.15, 0.2) is 0 Å². The quantitative estimate of drug-likeness (QED) is 0.749. The zero-order chi connectivity index (χ0) is 9.10. The molecule has 1 aromatic heterocycles. The maximum absolute atomic E-state index is 10.8. The van der Waals surface area contributed by atoms with Crippen molar-refractivity contribution in [2.24, 2.45) is 0 Å². The summed E-state index contributed by atoms with van der Waals surface area (Å²) in [6, 6.07) is 3.93. The molecular weight excluding hydrogens is 184 g/mol. The monoisotopic (exact) mass is 196 g/mol. The van der Waals surface area contributed by atoms with Crippen molar-refractivity contribution in [1.29, 1.82) is 0 Å². The van der Waals surface area contributed by atoms with E-state index in [0.29, 0.717) is 6.04 Å². The lowest BCUT2D eigenvalue weighted by molar-refractivity contribution is 0.812. The summed E-state index contributed by atoms with van der Waals surface area (Å²) in [6.07, 6.45) is 2.94. The van der Waals surface area contributed by atoms with Gasteiger partial charge in [0.2, 0.25) is 5.56 Å². The van der Waals surface area contributed by atoms with Crippen LogP contribution in [0.4, 0.5) is 5.69 Å². The van der Waals surface area contributed by atoms with Crippen LogP contribution in [0.25, 0.3) is 0 Å². The summed E-state index contributed by atoms with van der Waals surface area (Å²) in [6.45, 7) is 0. The molecule has 1 fully saturated rings. The first-order valence-electron chi connectivity index (χ1n) is 4.37. The Balaban J connectivity index is 2.00. The number of pyridine rings is 1. The van der Waals surface area contributed by atoms with Gasteiger partial charge in [0.25, 0.3) is 0 Å². The van der Waals surface area contributed by atoms with Gasteiger partial charge in [-0.3, -0.25) is 4.79 Å². The van der Waals surface area contributed by atoms with Crippen molar-refractivity contribution in [3.63, 3.8) is 0 Å². The van der Waals surface area contributed by atoms with Gasteiger partial charge in [0, 0.05) is 24.1 Å². The molecule has 1 unspecified atom stereocenters. The number of H-pyrrole nitrogens is 1. The highest BCUT2D eigenvalue weighted by Gasteiger charge is 2.14. The van der Waals surface area contributed by atoms with Gasteiger partial charge in [0.05, 0.1) is 5.69 Å². The molecule has 2 N–H and O–H groups in total. The molecule has 0 bridgehead atoms. The van der Waals surface area contributed by atoms with E-state index >= 15 is 0 Å². The van der Waals surface area contributed by atoms with Gasteiger partial charge in [0.1, 0.15) is 0 Å². The summed E-state index contributed by atoms with van der Waals surface area (Å²) in [5.41, 5.74) is 0.957. The fourth-order valence-electron chi connectivity index (χ4n) is 1.38. The number of thioether (sulfide) groups is 1. The third-order valence-electron chi connectivity index (χ3n) is 2.08. The second-order valence-electron chi connectivity index (χ2n) is 3.15. The zero-order valence-electron chi connectivity index (χ0n) is 7.25. The van der Waals surface area contributed by atoms with Crippen LogP contribution in [-0.4, -0.2) is 22.5 Å². The van der Waals surface area contributed by atoms with E-state index in [9.17, 15) is 4.79 Å². The molecule has 1 saturated heterocycles. The van der Waals surface area contributed by atoms with E-state index in [1.54, 1.807) is 12.3 Å². The first-order chi connectivity index (χ1) is 6.34. The Morgan fingerprint density at radius 1 is 1.54 bits per heavy atom. The lowest BCUT2D eigenvalue weighted by Crippen LogP contribution is -2.18. The van der Waals surface area contributed by atoms with Gasteiger partial charge in [-0.25, -0.2) is 0 Å². The number of hydrogen-bond acceptors (Lipinski definition) is 3. The minimum atomic E-state index is -0.0497. The Morgan fingerprint density at radius 3 is 3.08 bits per heavy atom. The molecule has 0 radical (unpaired) electrons. The van der Waals surface area contributed by atoms with Crippen LogP contribution in [0, 0.1) is 0 Å². The number of rotatable bonds is 2. The van der Waals surface area contributed by atoms with E-state index in [1.165, 1.54) is 17.9 Å². The highest BCUT2D eigenvalue weighted by Crippen LogP contribution is 2.20. The zero-order valence-corrected chi connectivity index (χ0v) is 8.06. The topological polar surface area (TPSA) is 44.9 Å². The second-order valence-corrected chi connectivity index (χ2v) is 4.30. The summed E-state index contributed by atoms with van der Waals surface area (Å²) in [5, 5.41) is 3.38. The van der Waals surface area contributed by atoms with Crippen LogP contribution in [0.2, 0.25) is 0 Å². The fourth-order valence-corrected chi connectivity index (χ4v) is 2.54. The van der Waals surface area contributed by atoms with Crippen LogP contribution < -0.4 is 10.9 Å². The molecule has 1 aliphatic heterocycles. The number of aromatic amines is 1. The molecule has 13 heavy (non-hydrogen) atoms. The van der Waals surface area contributed by atoms with E-state index in [-0.39, 0.29) is 5.56 Å². The smallest absolute Gasteiger partial charge is 0.248 e. The highest BCUT2D eigenvalue weighted by atomic mass is 32.2. The lowest BCUT2D eigenvalue weighted by Gasteiger charge is -2.11. The van der Waals surface area contributed by atoms with Gasteiger partial charge < -0.3 is 10.3 Å². The molecule has 0 spiro atoms. The molecule has 70 valence electrons. The summed E-state index contributed by atoms with van der Waals surface area (Å²) >= 11 is 1.97. The minimum Gasteiger partial charge on any atom is -0.380 e. The van der Waals surface area contributed by atoms with Crippen molar-refractivity contribution in [3.05, 3.63) is 28.7 Å². The molecule has 4 heteroatoms. The highest BCUT2D eigenvalue weighted by molar-refractivity contribution is 7.99. The van der Waals surface area contributed by atoms with Crippen molar-refractivity contribution in [1.82, 2.24) is 4.98 Å². The van der Waals surface area contributed by atoms with Crippen molar-refractivity contribution in [2.75, 3.05) is 16.8 Å². The van der Waals surface area contributed by atoms with Crippen LogP contribution in [0.5, 0.6) is 0 Å². The number of hydrogen-bond donors (Lipinski definition) is 2. The van der Waals surface area contributed by atoms with Crippen molar-refractivity contribution in [3.8, 4) is 0 Å². The third-order valence-corrected chi connectivity index (χ3v) is 3.25. The predicted molar refractivity (Wildman–Crippen MR) is 56.4 cm³/mol. The normalized spacial score (nSPS) is 21.7. The van der Waals surface area contributed by atoms with Crippen LogP contribution in [-0.2, 0) is 0 Å². The summed E-state index contributed by atoms with van der Waals surface area (Å²) in [4.78, 5) is 13.4. The van der Waals surface area contributed by atoms with Gasteiger partial charge in [-0.2, -0.15) is 11.8 Å². The first kappa shape index (κ1) is 8.69. The SMILES string of the molecule is O=c1ccc(NC2CCSC2)c[nH]1. The Bertz CT molecular complexity index is 310. The second kappa shape index (κ2) is 3.87. The molecule has 3 nitrogen and oxygen atoms in total. The molecule has 2 rings (SSSR count). The Hall–Kier alpha value is -0.900. The molecule has 0 aromatic carbocycles. The molecule has 1 aromatic rings. The van der Waals surface area contributed by atoms with Crippen molar-refractivity contribution < 1.29 is 0 Å². The van der Waals surface area contributed by atoms with E-state index in [2.05, 4.69) is 10.3 Å². The van der Waals surface area contributed by atoms with Gasteiger partial charge in [-0.1, -0.05) is 0 Å². The molecule has 0 amide bonds. The molecule has 0 saturated carbocycles. The van der Waals surface area contributed by atoms with E-state index in [4.69, 9.17) is 0 Å². The summed E-state index contributed by atoms with van der Waals surface area (Å²) in [7, 11) is 0. The maximum Gasteiger partial charge on any atom is 0.248 e. The first-order valence-corrected chi connectivity index (χ1v) is 5.53. The molecule has 2 heterocycles. The summed E-state index contributed by atoms with van der Waals surface area (Å²) in [5.74, 6) is 2.40. The Morgan fingerprint density at radius 2 is 2.46 bits per heavy atom. The van der Waals surface area contributed by atoms with E-state index in [1.807, 2.05) is 17.8 Å². The van der Waals surface area contributed by atoms with Crippen molar-refractivity contribution >= 4 is 17.4 Å². The molecule has 1 atom stereocenters. The van der Waals surface area contributed by atoms with Crippen LogP contribution in [0.3, 0.4) is 0 Å². The molecular formula is C9H12N2OS. The molecule has 1 aliphatic rings. The van der Waals surface area contributed by atoms with Gasteiger partial charge in [-0.15, -0.1) is 0 Å². The fraction of sp³-hybridized carbons (Fsp3) is 0.444. The van der Waals surface area contributed by atoms with Gasteiger partial charge in [-0.05, 0) is 18.2 Å². The lowest BCUT2D eigenvalue weighted by atomic mass is 10.2. The summed E-state index contributed by atoms with van der Waals surface area (Å²) < 4.78 is 0. The minimum absolute atomic E-state index is 0.0497. The predicted octanol–water partition coefficient (Wildman–Crippen LogP) is 1.29. The van der Waals surface area contributed by atoms with Crippen LogP contribution >= 0.6 is 11.8 Å². The standard InChI is InChI=1S/C9H12N2OS/c12-9-2-1-7(5-10-9)11-8-3-4-13-6-8/h1-2,5,8,11H,3-4,6H2,(H,10,12). The number of nitrogens with one attached hydrogen (secondary N) is 2. The van der Waals surface area contributed by atoms with Gasteiger partial charge >= 0.3 is 0 Å². The molecule has 0 aliphatic carbocycles. The van der Waals surface area contributed by atoms with E-state index in [0.717, 1.165) is 5.69 Å². The van der Waals surface area contributed by atoms with E-state index < -0.39 is 0 Å². The Kier molecular flexibility index (Phi) is 2.59. The maximum atomic E-state index is 10.8. The average Bonchev–Trinajstić information content (AvgIpc) is 2.62. The van der Waals surface area contributed by atoms with Crippen LogP contribution in [0.15, 0.2) is 23.1 Å². The van der Waals surface area contributed by atoms with Crippen molar-refractivity contribution in [2.45, 2.75) is 12.5 Å². The largest absolute Gasteiger partial charge is 0.380 e. The number of aromatic nitrogens is 1. The van der Waals surface area contributed by atoms with Crippen LogP contribution in [0.1, 0.15) is 6.42 Å². The number of anilines is 1. The third kappa shape index (κ3) is 2.28. The average molecular weight is 196 g/mol. The Labute approximate surface area is 80.9 Å².